The van der Waals surface area contributed by atoms with Gasteiger partial charge in [-0.05, 0) is 38.1 Å². The van der Waals surface area contributed by atoms with Crippen molar-refractivity contribution in [1.82, 2.24) is 5.32 Å². The topological polar surface area (TPSA) is 113 Å². The lowest BCUT2D eigenvalue weighted by Gasteiger charge is -2.31. The van der Waals surface area contributed by atoms with E-state index in [2.05, 4.69) is 16.0 Å². The number of carbonyl (C=O) groups excluding carboxylic acids is 2. The number of dihydropyridines is 1. The summed E-state index contributed by atoms with van der Waals surface area (Å²) in [4.78, 5) is 38.5. The molecule has 3 aromatic carbocycles. The summed E-state index contributed by atoms with van der Waals surface area (Å²) in [5.74, 6) is -1.88. The number of amides is 2. The van der Waals surface area contributed by atoms with Crippen molar-refractivity contribution in [3.05, 3.63) is 123 Å². The molecule has 1 aliphatic heterocycles. The second-order valence-electron chi connectivity index (χ2n) is 8.09. The number of carbonyl (C=O) groups is 2. The zero-order valence-corrected chi connectivity index (χ0v) is 19.2. The van der Waals surface area contributed by atoms with E-state index in [4.69, 9.17) is 0 Å². The summed E-state index contributed by atoms with van der Waals surface area (Å²) in [6.45, 7) is 3.44. The summed E-state index contributed by atoms with van der Waals surface area (Å²) in [7, 11) is 0. The van der Waals surface area contributed by atoms with Crippen LogP contribution in [0.2, 0.25) is 0 Å². The fourth-order valence-electron chi connectivity index (χ4n) is 4.24. The smallest absolute Gasteiger partial charge is 0.273 e. The van der Waals surface area contributed by atoms with Gasteiger partial charge in [-0.25, -0.2) is 0 Å². The molecule has 0 saturated heterocycles. The second-order valence-corrected chi connectivity index (χ2v) is 8.09. The first-order valence-electron chi connectivity index (χ1n) is 11.0. The molecule has 8 heteroatoms. The van der Waals surface area contributed by atoms with Crippen molar-refractivity contribution in [3.8, 4) is 0 Å². The molecule has 1 heterocycles. The molecule has 4 rings (SSSR count). The molecule has 0 unspecified atom stereocenters. The van der Waals surface area contributed by atoms with Gasteiger partial charge in [0.15, 0.2) is 0 Å². The van der Waals surface area contributed by atoms with Crippen molar-refractivity contribution in [3.63, 3.8) is 0 Å². The molecule has 1 aliphatic rings. The molecule has 3 N–H and O–H groups in total. The van der Waals surface area contributed by atoms with Crippen molar-refractivity contribution in [2.75, 3.05) is 10.6 Å². The Bertz CT molecular complexity index is 1270. The summed E-state index contributed by atoms with van der Waals surface area (Å²) in [5, 5.41) is 20.8. The van der Waals surface area contributed by atoms with Crippen LogP contribution in [-0.4, -0.2) is 16.7 Å². The number of nitrogens with zero attached hydrogens (tertiary/aromatic N) is 1. The highest BCUT2D eigenvalue weighted by atomic mass is 16.6. The number of para-hydroxylation sites is 3. The van der Waals surface area contributed by atoms with Crippen LogP contribution in [0.25, 0.3) is 0 Å². The summed E-state index contributed by atoms with van der Waals surface area (Å²) in [5.41, 5.74) is 2.70. The maximum absolute atomic E-state index is 13.5. The van der Waals surface area contributed by atoms with Gasteiger partial charge in [-0.3, -0.25) is 19.7 Å². The molecule has 0 atom stereocenters. The molecule has 0 saturated carbocycles. The number of hydrogen-bond donors (Lipinski definition) is 3. The SMILES string of the molecule is CC1=C(C(=O)Nc2ccccc2)C(c2ccccc2[N+](=O)[O-])C(C(=O)Nc2ccccc2)=C(C)N1. The number of allylic oxidation sites excluding steroid dienone is 2. The molecule has 2 amide bonds. The Kier molecular flexibility index (Phi) is 6.73. The zero-order chi connectivity index (χ0) is 24.9. The van der Waals surface area contributed by atoms with Crippen molar-refractivity contribution in [2.24, 2.45) is 0 Å². The third-order valence-corrected chi connectivity index (χ3v) is 5.76. The highest BCUT2D eigenvalue weighted by molar-refractivity contribution is 6.12. The van der Waals surface area contributed by atoms with E-state index in [9.17, 15) is 19.7 Å². The van der Waals surface area contributed by atoms with Gasteiger partial charge in [-0.15, -0.1) is 0 Å². The summed E-state index contributed by atoms with van der Waals surface area (Å²) < 4.78 is 0. The first kappa shape index (κ1) is 23.4. The first-order chi connectivity index (χ1) is 16.9. The fourth-order valence-corrected chi connectivity index (χ4v) is 4.24. The standard InChI is InChI=1S/C27H24N4O4/c1-17-23(26(32)29-19-11-5-3-6-12-19)25(21-15-9-10-16-22(21)31(34)35)24(18(2)28-17)27(33)30-20-13-7-4-8-14-20/h3-16,25,28H,1-2H3,(H,29,32)(H,30,33). The lowest BCUT2D eigenvalue weighted by atomic mass is 9.79. The van der Waals surface area contributed by atoms with Crippen LogP contribution in [0.1, 0.15) is 25.3 Å². The minimum atomic E-state index is -0.967. The van der Waals surface area contributed by atoms with Gasteiger partial charge in [0.25, 0.3) is 17.5 Å². The summed E-state index contributed by atoms with van der Waals surface area (Å²) >= 11 is 0. The molecule has 0 spiro atoms. The average Bonchev–Trinajstić information content (AvgIpc) is 2.84. The van der Waals surface area contributed by atoms with Gasteiger partial charge in [-0.1, -0.05) is 54.6 Å². The number of nitro groups is 1. The number of anilines is 2. The maximum atomic E-state index is 13.5. The van der Waals surface area contributed by atoms with Crippen molar-refractivity contribution in [2.45, 2.75) is 19.8 Å². The summed E-state index contributed by atoms with van der Waals surface area (Å²) in [6, 6.07) is 24.0. The van der Waals surface area contributed by atoms with Crippen molar-refractivity contribution in [1.29, 1.82) is 0 Å². The lowest BCUT2D eigenvalue weighted by Crippen LogP contribution is -2.35. The van der Waals surface area contributed by atoms with Crippen LogP contribution < -0.4 is 16.0 Å². The van der Waals surface area contributed by atoms with Gasteiger partial charge in [0.2, 0.25) is 0 Å². The predicted molar refractivity (Wildman–Crippen MR) is 135 cm³/mol. The van der Waals surface area contributed by atoms with E-state index in [0.717, 1.165) is 0 Å². The molecular formula is C27H24N4O4. The van der Waals surface area contributed by atoms with E-state index >= 15 is 0 Å². The molecule has 0 radical (unpaired) electrons. The Balaban J connectivity index is 1.84. The van der Waals surface area contributed by atoms with E-state index in [-0.39, 0.29) is 22.4 Å². The lowest BCUT2D eigenvalue weighted by molar-refractivity contribution is -0.385. The largest absolute Gasteiger partial charge is 0.362 e. The fraction of sp³-hybridized carbons (Fsp3) is 0.111. The minimum Gasteiger partial charge on any atom is -0.362 e. The normalized spacial score (nSPS) is 13.8. The molecule has 3 aromatic rings. The molecule has 8 nitrogen and oxygen atoms in total. The van der Waals surface area contributed by atoms with Crippen molar-refractivity contribution >= 4 is 28.9 Å². The van der Waals surface area contributed by atoms with Crippen LogP contribution in [-0.2, 0) is 9.59 Å². The second kappa shape index (κ2) is 10.0. The van der Waals surface area contributed by atoms with E-state index in [0.29, 0.717) is 22.8 Å². The Morgan fingerprint density at radius 2 is 1.17 bits per heavy atom. The Labute approximate surface area is 202 Å². The van der Waals surface area contributed by atoms with Gasteiger partial charge in [-0.2, -0.15) is 0 Å². The van der Waals surface area contributed by atoms with Gasteiger partial charge >= 0.3 is 0 Å². The van der Waals surface area contributed by atoms with E-state index in [1.165, 1.54) is 6.07 Å². The Hall–Kier alpha value is -4.72. The highest BCUT2D eigenvalue weighted by Gasteiger charge is 2.39. The summed E-state index contributed by atoms with van der Waals surface area (Å²) in [6.07, 6.45) is 0. The zero-order valence-electron chi connectivity index (χ0n) is 19.2. The average molecular weight is 469 g/mol. The number of benzene rings is 3. The van der Waals surface area contributed by atoms with Crippen LogP contribution in [0, 0.1) is 10.1 Å². The van der Waals surface area contributed by atoms with E-state index in [1.807, 2.05) is 12.1 Å². The number of nitro benzene ring substituents is 1. The molecule has 0 fully saturated rings. The molecule has 176 valence electrons. The maximum Gasteiger partial charge on any atom is 0.273 e. The van der Waals surface area contributed by atoms with Crippen LogP contribution >= 0.6 is 0 Å². The van der Waals surface area contributed by atoms with Gasteiger partial charge < -0.3 is 16.0 Å². The molecule has 0 aromatic heterocycles. The predicted octanol–water partition coefficient (Wildman–Crippen LogP) is 5.11. The molecule has 0 aliphatic carbocycles. The van der Waals surface area contributed by atoms with Gasteiger partial charge in [0.1, 0.15) is 0 Å². The van der Waals surface area contributed by atoms with Crippen LogP contribution in [0.15, 0.2) is 107 Å². The van der Waals surface area contributed by atoms with Crippen LogP contribution in [0.3, 0.4) is 0 Å². The Morgan fingerprint density at radius 3 is 1.63 bits per heavy atom. The van der Waals surface area contributed by atoms with Gasteiger partial charge in [0.05, 0.1) is 10.8 Å². The van der Waals surface area contributed by atoms with E-state index < -0.39 is 22.7 Å². The first-order valence-corrected chi connectivity index (χ1v) is 11.0. The number of rotatable bonds is 6. The monoisotopic (exact) mass is 468 g/mol. The van der Waals surface area contributed by atoms with Crippen LogP contribution in [0.5, 0.6) is 0 Å². The minimum absolute atomic E-state index is 0.171. The van der Waals surface area contributed by atoms with Crippen molar-refractivity contribution < 1.29 is 14.5 Å². The molecule has 35 heavy (non-hydrogen) atoms. The number of hydrogen-bond acceptors (Lipinski definition) is 5. The van der Waals surface area contributed by atoms with Gasteiger partial charge in [0, 0.05) is 45.5 Å². The van der Waals surface area contributed by atoms with E-state index in [1.54, 1.807) is 80.6 Å². The third-order valence-electron chi connectivity index (χ3n) is 5.76. The number of nitrogens with one attached hydrogen (secondary N) is 3. The quantitative estimate of drug-likeness (QED) is 0.344. The van der Waals surface area contributed by atoms with Crippen LogP contribution in [0.4, 0.5) is 17.1 Å². The highest BCUT2D eigenvalue weighted by Crippen LogP contribution is 2.42. The molecule has 0 bridgehead atoms. The molecular weight excluding hydrogens is 444 g/mol. The Morgan fingerprint density at radius 1 is 0.743 bits per heavy atom. The third kappa shape index (κ3) is 4.96.